The van der Waals surface area contributed by atoms with Crippen molar-refractivity contribution in [3.8, 4) is 0 Å². The number of rotatable bonds is 7. The Labute approximate surface area is 169 Å². The smallest absolute Gasteiger partial charge is 0.315 e. The number of urea groups is 1. The minimum absolute atomic E-state index is 0.0527. The van der Waals surface area contributed by atoms with Crippen LogP contribution in [0.15, 0.2) is 48.5 Å². The molecule has 4 heteroatoms. The number of benzene rings is 2. The standard InChI is InChI=1S/C24H33N3O/c1-4-5-14-25-24(28)27-21-15-22(26-16-21)23(19-10-6-17(2)7-11-19)20-12-8-18(3)9-13-20/h6-13,21-23,26H,4-5,14-16H2,1-3H3,(H2,25,27,28). The average Bonchev–Trinajstić information content (AvgIpc) is 3.13. The van der Waals surface area contributed by atoms with Crippen LogP contribution in [0.1, 0.15) is 54.4 Å². The van der Waals surface area contributed by atoms with E-state index in [2.05, 4.69) is 85.3 Å². The van der Waals surface area contributed by atoms with Crippen LogP contribution in [0.25, 0.3) is 0 Å². The second-order valence-electron chi connectivity index (χ2n) is 8.00. The van der Waals surface area contributed by atoms with Crippen LogP contribution >= 0.6 is 0 Å². The predicted molar refractivity (Wildman–Crippen MR) is 116 cm³/mol. The van der Waals surface area contributed by atoms with Gasteiger partial charge in [0.05, 0.1) is 0 Å². The van der Waals surface area contributed by atoms with Gasteiger partial charge in [0.25, 0.3) is 0 Å². The Morgan fingerprint density at radius 3 is 2.14 bits per heavy atom. The number of nitrogens with one attached hydrogen (secondary N) is 3. The molecule has 3 rings (SSSR count). The summed E-state index contributed by atoms with van der Waals surface area (Å²) in [6.07, 6.45) is 3.03. The Morgan fingerprint density at radius 1 is 1.04 bits per heavy atom. The first-order valence-electron chi connectivity index (χ1n) is 10.5. The molecule has 150 valence electrons. The lowest BCUT2D eigenvalue weighted by molar-refractivity contribution is 0.237. The molecule has 1 aliphatic heterocycles. The van der Waals surface area contributed by atoms with E-state index in [1.165, 1.54) is 22.3 Å². The van der Waals surface area contributed by atoms with Crippen molar-refractivity contribution < 1.29 is 4.79 Å². The van der Waals surface area contributed by atoms with Crippen LogP contribution in [0.4, 0.5) is 4.79 Å². The monoisotopic (exact) mass is 379 g/mol. The van der Waals surface area contributed by atoms with Gasteiger partial charge in [-0.25, -0.2) is 4.79 Å². The van der Waals surface area contributed by atoms with Gasteiger partial charge in [0.2, 0.25) is 0 Å². The maximum Gasteiger partial charge on any atom is 0.315 e. The molecule has 1 aliphatic rings. The highest BCUT2D eigenvalue weighted by Crippen LogP contribution is 2.32. The summed E-state index contributed by atoms with van der Waals surface area (Å²) in [7, 11) is 0. The Morgan fingerprint density at radius 2 is 1.61 bits per heavy atom. The average molecular weight is 380 g/mol. The van der Waals surface area contributed by atoms with Crippen molar-refractivity contribution in [3.63, 3.8) is 0 Å². The molecule has 0 spiro atoms. The molecule has 2 aromatic carbocycles. The third-order valence-corrected chi connectivity index (χ3v) is 5.59. The van der Waals surface area contributed by atoms with Crippen LogP contribution in [0.2, 0.25) is 0 Å². The van der Waals surface area contributed by atoms with E-state index in [9.17, 15) is 4.79 Å². The maximum absolute atomic E-state index is 12.1. The number of carbonyl (C=O) groups excluding carboxylic acids is 1. The number of hydrogen-bond acceptors (Lipinski definition) is 2. The van der Waals surface area contributed by atoms with Gasteiger partial charge in [-0.1, -0.05) is 73.0 Å². The molecule has 28 heavy (non-hydrogen) atoms. The number of hydrogen-bond donors (Lipinski definition) is 3. The van der Waals surface area contributed by atoms with Gasteiger partial charge in [-0.3, -0.25) is 0 Å². The number of unbranched alkanes of at least 4 members (excludes halogenated alkanes) is 1. The first-order valence-corrected chi connectivity index (χ1v) is 10.5. The summed E-state index contributed by atoms with van der Waals surface area (Å²) >= 11 is 0. The molecule has 3 N–H and O–H groups in total. The Bertz CT molecular complexity index is 709. The molecule has 0 radical (unpaired) electrons. The maximum atomic E-state index is 12.1. The SMILES string of the molecule is CCCCNC(=O)NC1CNC(C(c2ccc(C)cc2)c2ccc(C)cc2)C1. The zero-order chi connectivity index (χ0) is 19.9. The summed E-state index contributed by atoms with van der Waals surface area (Å²) in [5, 5.41) is 9.75. The summed E-state index contributed by atoms with van der Waals surface area (Å²) in [5.41, 5.74) is 5.18. The minimum atomic E-state index is -0.0527. The van der Waals surface area contributed by atoms with Gasteiger partial charge in [-0.15, -0.1) is 0 Å². The number of aryl methyl sites for hydroxylation is 2. The van der Waals surface area contributed by atoms with E-state index < -0.39 is 0 Å². The summed E-state index contributed by atoms with van der Waals surface area (Å²) in [5.74, 6) is 0.274. The second kappa shape index (κ2) is 9.74. The van der Waals surface area contributed by atoms with Gasteiger partial charge in [-0.2, -0.15) is 0 Å². The van der Waals surface area contributed by atoms with Crippen LogP contribution in [0.5, 0.6) is 0 Å². The van der Waals surface area contributed by atoms with E-state index in [4.69, 9.17) is 0 Å². The zero-order valence-electron chi connectivity index (χ0n) is 17.3. The highest BCUT2D eigenvalue weighted by atomic mass is 16.2. The van der Waals surface area contributed by atoms with E-state index in [0.29, 0.717) is 6.04 Å². The second-order valence-corrected chi connectivity index (χ2v) is 8.00. The highest BCUT2D eigenvalue weighted by molar-refractivity contribution is 5.74. The van der Waals surface area contributed by atoms with E-state index >= 15 is 0 Å². The third kappa shape index (κ3) is 5.35. The molecule has 2 amide bonds. The molecule has 0 aromatic heterocycles. The summed E-state index contributed by atoms with van der Waals surface area (Å²) < 4.78 is 0. The number of carbonyl (C=O) groups is 1. The zero-order valence-corrected chi connectivity index (χ0v) is 17.3. The van der Waals surface area contributed by atoms with Crippen LogP contribution < -0.4 is 16.0 Å². The van der Waals surface area contributed by atoms with Crippen LogP contribution in [0, 0.1) is 13.8 Å². The molecule has 1 heterocycles. The van der Waals surface area contributed by atoms with Crippen molar-refractivity contribution in [1.82, 2.24) is 16.0 Å². The molecular weight excluding hydrogens is 346 g/mol. The van der Waals surface area contributed by atoms with E-state index in [1.807, 2.05) is 0 Å². The van der Waals surface area contributed by atoms with Gasteiger partial charge in [0.1, 0.15) is 0 Å². The molecular formula is C24H33N3O. The summed E-state index contributed by atoms with van der Waals surface area (Å²) in [4.78, 5) is 12.1. The van der Waals surface area contributed by atoms with Crippen molar-refractivity contribution in [2.24, 2.45) is 0 Å². The first kappa shape index (κ1) is 20.4. The van der Waals surface area contributed by atoms with Crippen LogP contribution in [0.3, 0.4) is 0 Å². The quantitative estimate of drug-likeness (QED) is 0.630. The van der Waals surface area contributed by atoms with E-state index in [1.54, 1.807) is 0 Å². The lowest BCUT2D eigenvalue weighted by Gasteiger charge is -2.25. The molecule has 4 nitrogen and oxygen atoms in total. The summed E-state index contributed by atoms with van der Waals surface area (Å²) in [6, 6.07) is 18.1. The van der Waals surface area contributed by atoms with Crippen LogP contribution in [-0.4, -0.2) is 31.2 Å². The molecule has 0 saturated carbocycles. The fourth-order valence-electron chi connectivity index (χ4n) is 3.95. The number of amides is 2. The molecule has 1 fully saturated rings. The van der Waals surface area contributed by atoms with E-state index in [0.717, 1.165) is 32.4 Å². The third-order valence-electron chi connectivity index (χ3n) is 5.59. The fourth-order valence-corrected chi connectivity index (χ4v) is 3.95. The normalized spacial score (nSPS) is 19.0. The van der Waals surface area contributed by atoms with Crippen molar-refractivity contribution >= 4 is 6.03 Å². The van der Waals surface area contributed by atoms with Crippen molar-refractivity contribution in [3.05, 3.63) is 70.8 Å². The fraction of sp³-hybridized carbons (Fsp3) is 0.458. The van der Waals surface area contributed by atoms with Gasteiger partial charge in [0, 0.05) is 31.1 Å². The molecule has 1 saturated heterocycles. The molecule has 0 aliphatic carbocycles. The molecule has 2 atom stereocenters. The van der Waals surface area contributed by atoms with Crippen molar-refractivity contribution in [2.45, 2.75) is 58.0 Å². The van der Waals surface area contributed by atoms with Gasteiger partial charge >= 0.3 is 6.03 Å². The Balaban J connectivity index is 1.71. The van der Waals surface area contributed by atoms with E-state index in [-0.39, 0.29) is 18.0 Å². The topological polar surface area (TPSA) is 53.2 Å². The molecule has 0 bridgehead atoms. The van der Waals surface area contributed by atoms with Gasteiger partial charge in [0.15, 0.2) is 0 Å². The van der Waals surface area contributed by atoms with Crippen molar-refractivity contribution in [2.75, 3.05) is 13.1 Å². The minimum Gasteiger partial charge on any atom is -0.338 e. The van der Waals surface area contributed by atoms with Crippen molar-refractivity contribution in [1.29, 1.82) is 0 Å². The van der Waals surface area contributed by atoms with Gasteiger partial charge < -0.3 is 16.0 Å². The van der Waals surface area contributed by atoms with Crippen LogP contribution in [-0.2, 0) is 0 Å². The lowest BCUT2D eigenvalue weighted by atomic mass is 9.83. The van der Waals surface area contributed by atoms with Gasteiger partial charge in [-0.05, 0) is 37.8 Å². The largest absolute Gasteiger partial charge is 0.338 e. The lowest BCUT2D eigenvalue weighted by Crippen LogP contribution is -2.43. The predicted octanol–water partition coefficient (Wildman–Crippen LogP) is 4.27. The summed E-state index contributed by atoms with van der Waals surface area (Å²) in [6.45, 7) is 7.91. The molecule has 2 aromatic rings. The molecule has 2 unspecified atom stereocenters. The highest BCUT2D eigenvalue weighted by Gasteiger charge is 2.33. The first-order chi connectivity index (χ1) is 13.6. The Kier molecular flexibility index (Phi) is 7.10. The Hall–Kier alpha value is -2.33.